The van der Waals surface area contributed by atoms with Gasteiger partial charge in [-0.2, -0.15) is 5.26 Å². The molecule has 1 aliphatic rings. The Morgan fingerprint density at radius 3 is 2.66 bits per heavy atom. The molecule has 0 unspecified atom stereocenters. The van der Waals surface area contributed by atoms with Gasteiger partial charge in [-0.05, 0) is 48.4 Å². The van der Waals surface area contributed by atoms with Crippen LogP contribution in [0.5, 0.6) is 0 Å². The maximum Gasteiger partial charge on any atom is 0.269 e. The fraction of sp³-hybridized carbons (Fsp3) is 0.125. The van der Waals surface area contributed by atoms with Gasteiger partial charge in [-0.1, -0.05) is 39.8 Å². The van der Waals surface area contributed by atoms with Crippen LogP contribution in [0.2, 0.25) is 0 Å². The summed E-state index contributed by atoms with van der Waals surface area (Å²) >= 11 is 4.45. The lowest BCUT2D eigenvalue weighted by Gasteiger charge is -2.18. The van der Waals surface area contributed by atoms with Crippen molar-refractivity contribution in [3.8, 4) is 6.07 Å². The van der Waals surface area contributed by atoms with Gasteiger partial charge in [-0.15, -0.1) is 0 Å². The average Bonchev–Trinajstić information content (AvgIpc) is 3.48. The Bertz CT molecular complexity index is 1350. The number of hydrogen-bond acceptors (Lipinski definition) is 7. The van der Waals surface area contributed by atoms with E-state index in [4.69, 9.17) is 4.42 Å². The van der Waals surface area contributed by atoms with Crippen LogP contribution < -0.4 is 10.2 Å². The first-order chi connectivity index (χ1) is 16.9. The minimum atomic E-state index is -0.683. The normalized spacial score (nSPS) is 16.6. The number of benzene rings is 2. The Balaban J connectivity index is 1.68. The second-order valence-corrected chi connectivity index (χ2v) is 9.55. The van der Waals surface area contributed by atoms with Crippen molar-refractivity contribution < 1.29 is 18.9 Å². The molecule has 0 aliphatic carbocycles. The van der Waals surface area contributed by atoms with Crippen molar-refractivity contribution in [3.63, 3.8) is 0 Å². The molecule has 0 spiro atoms. The van der Waals surface area contributed by atoms with Crippen LogP contribution in [0.1, 0.15) is 11.3 Å². The molecule has 1 atom stereocenters. The average molecular weight is 553 g/mol. The van der Waals surface area contributed by atoms with Crippen molar-refractivity contribution in [2.75, 3.05) is 4.90 Å². The Hall–Kier alpha value is -3.88. The lowest BCUT2D eigenvalue weighted by atomic mass is 10.1. The topological polar surface area (TPSA) is 129 Å². The van der Waals surface area contributed by atoms with E-state index in [1.165, 1.54) is 23.3 Å². The van der Waals surface area contributed by atoms with Crippen LogP contribution in [0.15, 0.2) is 86.4 Å². The summed E-state index contributed by atoms with van der Waals surface area (Å²) in [6, 6.07) is 18.3. The van der Waals surface area contributed by atoms with E-state index >= 15 is 0 Å². The highest BCUT2D eigenvalue weighted by Crippen LogP contribution is 2.42. The van der Waals surface area contributed by atoms with Crippen LogP contribution in [-0.2, 0) is 22.6 Å². The van der Waals surface area contributed by atoms with Gasteiger partial charge in [-0.25, -0.2) is 0 Å². The first-order valence-electron chi connectivity index (χ1n) is 10.3. The number of anilines is 1. The molecule has 176 valence electrons. The third-order valence-electron chi connectivity index (χ3n) is 5.14. The summed E-state index contributed by atoms with van der Waals surface area (Å²) in [5.74, 6) is -0.452. The molecule has 2 aromatic carbocycles. The largest absolute Gasteiger partial charge is 0.467 e. The number of nitrogens with one attached hydrogen (secondary N) is 1. The summed E-state index contributed by atoms with van der Waals surface area (Å²) in [7, 11) is 0. The van der Waals surface area contributed by atoms with Gasteiger partial charge in [0.1, 0.15) is 22.4 Å². The molecule has 0 radical (unpaired) electrons. The number of nitrogens with zero attached hydrogens (tertiary/aromatic N) is 3. The maximum absolute atomic E-state index is 13.5. The minimum absolute atomic E-state index is 0.0755. The van der Waals surface area contributed by atoms with Gasteiger partial charge in [-0.3, -0.25) is 24.6 Å². The van der Waals surface area contributed by atoms with Crippen LogP contribution in [0, 0.1) is 21.4 Å². The summed E-state index contributed by atoms with van der Waals surface area (Å²) in [6.07, 6.45) is 1.67. The van der Waals surface area contributed by atoms with Gasteiger partial charge in [0, 0.05) is 22.3 Å². The standard InChI is InChI=1S/C24H17BrN4O5S/c25-16-6-8-17(9-7-16)28-23(31)21(12-15-3-1-4-18(11-15)29(32)33)35-24(28)20(13-26)22(30)27-14-19-5-2-10-34-19/h1-11,21H,12,14H2,(H,27,30)/b24-20-/t21-/m1/s1. The third kappa shape index (κ3) is 5.45. The van der Waals surface area contributed by atoms with Crippen molar-refractivity contribution in [1.29, 1.82) is 5.26 Å². The molecule has 11 heteroatoms. The SMILES string of the molecule is N#C/C(C(=O)NCc1ccco1)=C1/S[C@H](Cc2cccc([N+](=O)[O-])c2)C(=O)N1c1ccc(Br)cc1. The van der Waals surface area contributed by atoms with E-state index in [2.05, 4.69) is 21.2 Å². The summed E-state index contributed by atoms with van der Waals surface area (Å²) in [5.41, 5.74) is 0.810. The maximum atomic E-state index is 13.5. The van der Waals surface area contributed by atoms with E-state index in [9.17, 15) is 25.0 Å². The first-order valence-corrected chi connectivity index (χ1v) is 12.0. The van der Waals surface area contributed by atoms with E-state index in [0.29, 0.717) is 17.0 Å². The van der Waals surface area contributed by atoms with Crippen LogP contribution in [0.3, 0.4) is 0 Å². The number of nitriles is 1. The molecule has 2 amide bonds. The molecule has 1 aromatic heterocycles. The fourth-order valence-corrected chi connectivity index (χ4v) is 5.06. The molecule has 35 heavy (non-hydrogen) atoms. The Morgan fingerprint density at radius 2 is 2.00 bits per heavy atom. The van der Waals surface area contributed by atoms with E-state index in [-0.39, 0.29) is 35.2 Å². The number of furan rings is 1. The molecule has 3 aromatic rings. The number of carbonyl (C=O) groups excluding carboxylic acids is 2. The van der Waals surface area contributed by atoms with Gasteiger partial charge in [0.25, 0.3) is 11.6 Å². The molecule has 0 bridgehead atoms. The van der Waals surface area contributed by atoms with Crippen molar-refractivity contribution in [1.82, 2.24) is 5.32 Å². The Labute approximate surface area is 212 Å². The predicted molar refractivity (Wildman–Crippen MR) is 133 cm³/mol. The van der Waals surface area contributed by atoms with E-state index < -0.39 is 16.1 Å². The second-order valence-electron chi connectivity index (χ2n) is 7.44. The summed E-state index contributed by atoms with van der Waals surface area (Å²) < 4.78 is 6.02. The molecule has 0 saturated carbocycles. The zero-order chi connectivity index (χ0) is 24.9. The molecule has 1 aliphatic heterocycles. The molecule has 9 nitrogen and oxygen atoms in total. The van der Waals surface area contributed by atoms with Crippen molar-refractivity contribution in [2.45, 2.75) is 18.2 Å². The van der Waals surface area contributed by atoms with Gasteiger partial charge in [0.15, 0.2) is 0 Å². The minimum Gasteiger partial charge on any atom is -0.467 e. The van der Waals surface area contributed by atoms with Gasteiger partial charge in [0.05, 0.1) is 23.0 Å². The number of nitro benzene ring substituents is 1. The Kier molecular flexibility index (Phi) is 7.33. The zero-order valence-electron chi connectivity index (χ0n) is 18.0. The Morgan fingerprint density at radius 1 is 1.23 bits per heavy atom. The van der Waals surface area contributed by atoms with Crippen LogP contribution in [0.25, 0.3) is 0 Å². The third-order valence-corrected chi connectivity index (χ3v) is 6.93. The van der Waals surface area contributed by atoms with Crippen molar-refractivity contribution in [3.05, 3.63) is 103 Å². The summed E-state index contributed by atoms with van der Waals surface area (Å²) in [6.45, 7) is 0.0816. The molecule has 1 fully saturated rings. The number of amides is 2. The van der Waals surface area contributed by atoms with Gasteiger partial charge < -0.3 is 9.73 Å². The number of halogens is 1. The lowest BCUT2D eigenvalue weighted by molar-refractivity contribution is -0.384. The molecule has 1 saturated heterocycles. The first kappa shape index (κ1) is 24.3. The van der Waals surface area contributed by atoms with Gasteiger partial charge in [0.2, 0.25) is 5.91 Å². The van der Waals surface area contributed by atoms with E-state index in [1.807, 2.05) is 6.07 Å². The molecular formula is C24H17BrN4O5S. The predicted octanol–water partition coefficient (Wildman–Crippen LogP) is 4.69. The second kappa shape index (κ2) is 10.6. The van der Waals surface area contributed by atoms with Crippen molar-refractivity contribution >= 4 is 50.9 Å². The quantitative estimate of drug-likeness (QED) is 0.194. The number of non-ortho nitro benzene ring substituents is 1. The summed E-state index contributed by atoms with van der Waals surface area (Å²) in [5, 5.41) is 23.2. The molecule has 4 rings (SSSR count). The van der Waals surface area contributed by atoms with Crippen LogP contribution in [0.4, 0.5) is 11.4 Å². The number of thioether (sulfide) groups is 1. The smallest absolute Gasteiger partial charge is 0.269 e. The fourth-order valence-electron chi connectivity index (χ4n) is 3.49. The molecule has 1 N–H and O–H groups in total. The van der Waals surface area contributed by atoms with Crippen LogP contribution in [-0.4, -0.2) is 22.0 Å². The monoisotopic (exact) mass is 552 g/mol. The lowest BCUT2D eigenvalue weighted by Crippen LogP contribution is -2.32. The van der Waals surface area contributed by atoms with Crippen molar-refractivity contribution in [2.24, 2.45) is 0 Å². The number of hydrogen-bond donors (Lipinski definition) is 1. The van der Waals surface area contributed by atoms with Crippen LogP contribution >= 0.6 is 27.7 Å². The molecular weight excluding hydrogens is 536 g/mol. The number of carbonyl (C=O) groups is 2. The molecule has 2 heterocycles. The van der Waals surface area contributed by atoms with E-state index in [0.717, 1.165) is 16.2 Å². The zero-order valence-corrected chi connectivity index (χ0v) is 20.4. The highest BCUT2D eigenvalue weighted by Gasteiger charge is 2.41. The number of nitro groups is 1. The highest BCUT2D eigenvalue weighted by molar-refractivity contribution is 9.10. The van der Waals surface area contributed by atoms with Gasteiger partial charge >= 0.3 is 0 Å². The van der Waals surface area contributed by atoms with E-state index in [1.54, 1.807) is 48.5 Å². The highest BCUT2D eigenvalue weighted by atomic mass is 79.9. The summed E-state index contributed by atoms with van der Waals surface area (Å²) in [4.78, 5) is 38.4. The number of rotatable bonds is 7.